The highest BCUT2D eigenvalue weighted by Crippen LogP contribution is 2.36. The molecular weight excluding hydrogens is 456 g/mol. The minimum Gasteiger partial charge on any atom is -0.489 e. The van der Waals surface area contributed by atoms with Gasteiger partial charge >= 0.3 is 0 Å². The van der Waals surface area contributed by atoms with Crippen LogP contribution in [0.5, 0.6) is 5.75 Å². The van der Waals surface area contributed by atoms with Crippen LogP contribution in [-0.4, -0.2) is 58.6 Å². The second kappa shape index (κ2) is 9.67. The minimum absolute atomic E-state index is 0.131. The van der Waals surface area contributed by atoms with Gasteiger partial charge in [-0.3, -0.25) is 0 Å². The molecule has 0 spiro atoms. The molecule has 2 aromatic carbocycles. The summed E-state index contributed by atoms with van der Waals surface area (Å²) in [7, 11) is 4.18. The molecule has 1 saturated heterocycles. The number of thioether (sulfide) groups is 1. The van der Waals surface area contributed by atoms with E-state index in [0.717, 1.165) is 53.2 Å². The van der Waals surface area contributed by atoms with Crippen molar-refractivity contribution >= 4 is 45.8 Å². The number of rotatable bonds is 6. The van der Waals surface area contributed by atoms with Crippen molar-refractivity contribution in [3.8, 4) is 5.75 Å². The SMILES string of the molecule is CN1CCC(Oc2cccc3ncnc(Nc4ccc(SC5NC=CN5C)c(Cl)c4)c23)CC1. The van der Waals surface area contributed by atoms with E-state index in [4.69, 9.17) is 16.3 Å². The zero-order valence-corrected chi connectivity index (χ0v) is 20.2. The van der Waals surface area contributed by atoms with Gasteiger partial charge in [0.15, 0.2) is 5.50 Å². The summed E-state index contributed by atoms with van der Waals surface area (Å²) in [5.41, 5.74) is 1.84. The van der Waals surface area contributed by atoms with E-state index in [1.54, 1.807) is 18.1 Å². The molecule has 1 atom stereocenters. The van der Waals surface area contributed by atoms with Crippen molar-refractivity contribution in [2.45, 2.75) is 29.3 Å². The third-order valence-electron chi connectivity index (χ3n) is 5.94. The fraction of sp³-hybridized carbons (Fsp3) is 0.333. The van der Waals surface area contributed by atoms with Gasteiger partial charge in [-0.05, 0) is 50.2 Å². The molecule has 7 nitrogen and oxygen atoms in total. The number of likely N-dealkylation sites (tertiary alicyclic amines) is 1. The van der Waals surface area contributed by atoms with Crippen LogP contribution in [0, 0.1) is 0 Å². The van der Waals surface area contributed by atoms with Gasteiger partial charge in [0.1, 0.15) is 24.0 Å². The Bertz CT molecular complexity index is 1160. The fourth-order valence-corrected chi connectivity index (χ4v) is 5.30. The molecule has 2 N–H and O–H groups in total. The fourth-order valence-electron chi connectivity index (χ4n) is 4.04. The van der Waals surface area contributed by atoms with Crippen molar-refractivity contribution in [3.05, 3.63) is 60.1 Å². The normalized spacial score (nSPS) is 19.1. The molecule has 0 saturated carbocycles. The van der Waals surface area contributed by atoms with Crippen molar-refractivity contribution in [1.29, 1.82) is 0 Å². The molecule has 3 aromatic rings. The standard InChI is InChI=1S/C24H27ClN6OS/c1-30-11-8-17(9-12-30)32-20-5-3-4-19-22(20)23(28-15-27-19)29-16-6-7-21(18(25)14-16)33-24-26-10-13-31(24)2/h3-7,10,13-15,17,24,26H,8-9,11-12H2,1-2H3,(H,27,28,29). The lowest BCUT2D eigenvalue weighted by Crippen LogP contribution is -2.35. The summed E-state index contributed by atoms with van der Waals surface area (Å²) >= 11 is 8.29. The summed E-state index contributed by atoms with van der Waals surface area (Å²) in [4.78, 5) is 14.4. The third-order valence-corrected chi connectivity index (χ3v) is 7.66. The smallest absolute Gasteiger partial charge is 0.151 e. The Balaban J connectivity index is 1.38. The third kappa shape index (κ3) is 4.98. The summed E-state index contributed by atoms with van der Waals surface area (Å²) in [6.07, 6.45) is 7.74. The molecule has 33 heavy (non-hydrogen) atoms. The summed E-state index contributed by atoms with van der Waals surface area (Å²) in [5, 5.41) is 8.30. The van der Waals surface area contributed by atoms with Crippen LogP contribution in [0.3, 0.4) is 0 Å². The molecule has 1 aromatic heterocycles. The Morgan fingerprint density at radius 1 is 1.15 bits per heavy atom. The zero-order valence-electron chi connectivity index (χ0n) is 18.7. The maximum atomic E-state index is 6.62. The van der Waals surface area contributed by atoms with Gasteiger partial charge in [-0.2, -0.15) is 0 Å². The molecule has 0 radical (unpaired) electrons. The second-order valence-corrected chi connectivity index (χ2v) is 9.91. The van der Waals surface area contributed by atoms with Crippen molar-refractivity contribution < 1.29 is 4.74 Å². The summed E-state index contributed by atoms with van der Waals surface area (Å²) in [6.45, 7) is 2.09. The average molecular weight is 483 g/mol. The van der Waals surface area contributed by atoms with E-state index in [-0.39, 0.29) is 11.6 Å². The monoisotopic (exact) mass is 482 g/mol. The van der Waals surface area contributed by atoms with E-state index >= 15 is 0 Å². The Kier molecular flexibility index (Phi) is 6.48. The first-order chi connectivity index (χ1) is 16.1. The van der Waals surface area contributed by atoms with Gasteiger partial charge < -0.3 is 25.2 Å². The summed E-state index contributed by atoms with van der Waals surface area (Å²) in [5.74, 6) is 1.52. The molecular formula is C24H27ClN6OS. The molecule has 0 bridgehead atoms. The number of hydrogen-bond acceptors (Lipinski definition) is 8. The van der Waals surface area contributed by atoms with Gasteiger partial charge in [-0.25, -0.2) is 9.97 Å². The molecule has 1 fully saturated rings. The molecule has 5 rings (SSSR count). The summed E-state index contributed by atoms with van der Waals surface area (Å²) < 4.78 is 6.43. The molecule has 2 aliphatic heterocycles. The van der Waals surface area contributed by atoms with E-state index < -0.39 is 0 Å². The maximum absolute atomic E-state index is 6.62. The molecule has 0 amide bonds. The molecule has 3 heterocycles. The number of nitrogens with zero attached hydrogens (tertiary/aromatic N) is 4. The van der Waals surface area contributed by atoms with Crippen LogP contribution in [0.1, 0.15) is 12.8 Å². The van der Waals surface area contributed by atoms with Crippen molar-refractivity contribution in [3.63, 3.8) is 0 Å². The Labute approximate surface area is 203 Å². The first-order valence-electron chi connectivity index (χ1n) is 11.0. The van der Waals surface area contributed by atoms with Gasteiger partial charge in [-0.15, -0.1) is 0 Å². The van der Waals surface area contributed by atoms with Gasteiger partial charge in [-0.1, -0.05) is 29.4 Å². The van der Waals surface area contributed by atoms with Crippen LogP contribution in [-0.2, 0) is 0 Å². The highest BCUT2D eigenvalue weighted by Gasteiger charge is 2.21. The van der Waals surface area contributed by atoms with Gasteiger partial charge in [0.2, 0.25) is 0 Å². The van der Waals surface area contributed by atoms with Crippen LogP contribution in [0.4, 0.5) is 11.5 Å². The Morgan fingerprint density at radius 3 is 2.76 bits per heavy atom. The lowest BCUT2D eigenvalue weighted by molar-refractivity contribution is 0.116. The van der Waals surface area contributed by atoms with Crippen LogP contribution in [0.2, 0.25) is 5.02 Å². The Morgan fingerprint density at radius 2 is 2.00 bits per heavy atom. The van der Waals surface area contributed by atoms with E-state index in [2.05, 4.69) is 37.4 Å². The minimum atomic E-state index is 0.131. The van der Waals surface area contributed by atoms with Gasteiger partial charge in [0.25, 0.3) is 0 Å². The van der Waals surface area contributed by atoms with Gasteiger partial charge in [0, 0.05) is 43.1 Å². The summed E-state index contributed by atoms with van der Waals surface area (Å²) in [6, 6.07) is 11.9. The van der Waals surface area contributed by atoms with Crippen LogP contribution in [0.25, 0.3) is 10.9 Å². The number of anilines is 2. The number of fused-ring (bicyclic) bond motifs is 1. The quantitative estimate of drug-likeness (QED) is 0.515. The number of piperidine rings is 1. The number of benzene rings is 2. The lowest BCUT2D eigenvalue weighted by atomic mass is 10.1. The number of halogens is 1. The van der Waals surface area contributed by atoms with E-state index in [0.29, 0.717) is 10.8 Å². The van der Waals surface area contributed by atoms with Crippen molar-refractivity contribution in [2.75, 3.05) is 32.5 Å². The largest absolute Gasteiger partial charge is 0.489 e. The molecule has 2 aliphatic rings. The van der Waals surface area contributed by atoms with Crippen LogP contribution >= 0.6 is 23.4 Å². The molecule has 1 unspecified atom stereocenters. The first-order valence-corrected chi connectivity index (χ1v) is 12.3. The van der Waals surface area contributed by atoms with Crippen LogP contribution < -0.4 is 15.4 Å². The average Bonchev–Trinajstić information content (AvgIpc) is 3.22. The number of nitrogens with one attached hydrogen (secondary N) is 2. The molecule has 9 heteroatoms. The molecule has 0 aliphatic carbocycles. The topological polar surface area (TPSA) is 65.5 Å². The van der Waals surface area contributed by atoms with E-state index in [1.807, 2.05) is 55.8 Å². The lowest BCUT2D eigenvalue weighted by Gasteiger charge is -2.29. The second-order valence-electron chi connectivity index (χ2n) is 8.38. The highest BCUT2D eigenvalue weighted by atomic mass is 35.5. The predicted molar refractivity (Wildman–Crippen MR) is 135 cm³/mol. The number of aromatic nitrogens is 2. The predicted octanol–water partition coefficient (Wildman–Crippen LogP) is 4.88. The number of ether oxygens (including phenoxy) is 1. The van der Waals surface area contributed by atoms with E-state index in [1.165, 1.54) is 0 Å². The Hall–Kier alpha value is -2.68. The highest BCUT2D eigenvalue weighted by molar-refractivity contribution is 8.00. The maximum Gasteiger partial charge on any atom is 0.151 e. The molecule has 172 valence electrons. The zero-order chi connectivity index (χ0) is 22.8. The van der Waals surface area contributed by atoms with Crippen molar-refractivity contribution in [1.82, 2.24) is 25.1 Å². The van der Waals surface area contributed by atoms with Gasteiger partial charge in [0.05, 0.1) is 15.9 Å². The van der Waals surface area contributed by atoms with Crippen molar-refractivity contribution in [2.24, 2.45) is 0 Å². The number of hydrogen-bond donors (Lipinski definition) is 2. The first kappa shape index (κ1) is 22.1. The van der Waals surface area contributed by atoms with E-state index in [9.17, 15) is 0 Å². The van der Waals surface area contributed by atoms with Crippen LogP contribution in [0.15, 0.2) is 60.0 Å².